The third kappa shape index (κ3) is 4.09. The summed E-state index contributed by atoms with van der Waals surface area (Å²) >= 11 is 3.44. The molecular weight excluding hydrogens is 314 g/mol. The van der Waals surface area contributed by atoms with Gasteiger partial charge in [-0.3, -0.25) is 0 Å². The molecule has 106 valence electrons. The molecule has 0 radical (unpaired) electrons. The van der Waals surface area contributed by atoms with Gasteiger partial charge >= 0.3 is 0 Å². The van der Waals surface area contributed by atoms with Gasteiger partial charge in [-0.15, -0.1) is 0 Å². The van der Waals surface area contributed by atoms with Crippen molar-refractivity contribution in [2.45, 2.75) is 32.4 Å². The molecule has 20 heavy (non-hydrogen) atoms. The molecule has 2 nitrogen and oxygen atoms in total. The Morgan fingerprint density at radius 2 is 1.70 bits per heavy atom. The van der Waals surface area contributed by atoms with Gasteiger partial charge in [-0.2, -0.15) is 0 Å². The average molecular weight is 334 g/mol. The second-order valence-corrected chi connectivity index (χ2v) is 6.06. The SMILES string of the molecule is CC(C)Oc1ccccc1C(N)Cc1ccc(Br)cc1. The van der Waals surface area contributed by atoms with Crippen molar-refractivity contribution < 1.29 is 4.74 Å². The fourth-order valence-electron chi connectivity index (χ4n) is 2.13. The van der Waals surface area contributed by atoms with Crippen LogP contribution < -0.4 is 10.5 Å². The van der Waals surface area contributed by atoms with E-state index in [2.05, 4.69) is 28.1 Å². The minimum atomic E-state index is -0.0638. The maximum absolute atomic E-state index is 6.35. The summed E-state index contributed by atoms with van der Waals surface area (Å²) in [5, 5.41) is 0. The molecule has 0 aliphatic heterocycles. The number of hydrogen-bond donors (Lipinski definition) is 1. The minimum Gasteiger partial charge on any atom is -0.491 e. The number of benzene rings is 2. The number of hydrogen-bond acceptors (Lipinski definition) is 2. The van der Waals surface area contributed by atoms with Crippen molar-refractivity contribution in [2.24, 2.45) is 5.73 Å². The molecule has 1 unspecified atom stereocenters. The lowest BCUT2D eigenvalue weighted by molar-refractivity contribution is 0.238. The van der Waals surface area contributed by atoms with Crippen molar-refractivity contribution in [1.82, 2.24) is 0 Å². The first-order valence-corrected chi connectivity index (χ1v) is 7.61. The van der Waals surface area contributed by atoms with Crippen LogP contribution in [-0.2, 0) is 6.42 Å². The van der Waals surface area contributed by atoms with Crippen molar-refractivity contribution >= 4 is 15.9 Å². The third-order valence-electron chi connectivity index (χ3n) is 3.05. The highest BCUT2D eigenvalue weighted by molar-refractivity contribution is 9.10. The molecule has 0 saturated carbocycles. The Bertz CT molecular complexity index is 551. The van der Waals surface area contributed by atoms with Crippen LogP contribution in [0.1, 0.15) is 31.0 Å². The molecular formula is C17H20BrNO. The van der Waals surface area contributed by atoms with E-state index < -0.39 is 0 Å². The lowest BCUT2D eigenvalue weighted by Crippen LogP contribution is -2.16. The normalized spacial score (nSPS) is 12.4. The first-order chi connectivity index (χ1) is 9.56. The molecule has 0 amide bonds. The fraction of sp³-hybridized carbons (Fsp3) is 0.294. The maximum atomic E-state index is 6.35. The molecule has 0 spiro atoms. The largest absolute Gasteiger partial charge is 0.491 e. The zero-order valence-corrected chi connectivity index (χ0v) is 13.4. The van der Waals surface area contributed by atoms with Crippen LogP contribution >= 0.6 is 15.9 Å². The number of ether oxygens (including phenoxy) is 1. The predicted octanol–water partition coefficient (Wildman–Crippen LogP) is 4.48. The Labute approximate surface area is 129 Å². The second kappa shape index (κ2) is 6.91. The molecule has 0 aromatic heterocycles. The van der Waals surface area contributed by atoms with E-state index in [0.29, 0.717) is 0 Å². The van der Waals surface area contributed by atoms with Crippen LogP contribution in [0.3, 0.4) is 0 Å². The Balaban J connectivity index is 2.16. The molecule has 3 heteroatoms. The maximum Gasteiger partial charge on any atom is 0.124 e. The van der Waals surface area contributed by atoms with Crippen molar-refractivity contribution in [3.05, 3.63) is 64.1 Å². The summed E-state index contributed by atoms with van der Waals surface area (Å²) < 4.78 is 6.92. The van der Waals surface area contributed by atoms with Crippen LogP contribution in [0.2, 0.25) is 0 Å². The summed E-state index contributed by atoms with van der Waals surface area (Å²) in [5.74, 6) is 0.882. The zero-order valence-electron chi connectivity index (χ0n) is 11.8. The number of para-hydroxylation sites is 1. The highest BCUT2D eigenvalue weighted by Gasteiger charge is 2.13. The predicted molar refractivity (Wildman–Crippen MR) is 87.0 cm³/mol. The van der Waals surface area contributed by atoms with Gasteiger partial charge in [-0.05, 0) is 44.0 Å². The van der Waals surface area contributed by atoms with Gasteiger partial charge in [0.2, 0.25) is 0 Å². The van der Waals surface area contributed by atoms with Gasteiger partial charge in [0.05, 0.1) is 6.10 Å². The zero-order chi connectivity index (χ0) is 14.5. The Morgan fingerprint density at radius 3 is 2.35 bits per heavy atom. The standard InChI is InChI=1S/C17H20BrNO/c1-12(2)20-17-6-4-3-5-15(17)16(19)11-13-7-9-14(18)10-8-13/h3-10,12,16H,11,19H2,1-2H3. The quantitative estimate of drug-likeness (QED) is 0.875. The van der Waals surface area contributed by atoms with Crippen LogP contribution in [0.4, 0.5) is 0 Å². The van der Waals surface area contributed by atoms with Crippen LogP contribution in [-0.4, -0.2) is 6.10 Å². The Hall–Kier alpha value is -1.32. The molecule has 2 N–H and O–H groups in total. The van der Waals surface area contributed by atoms with Crippen molar-refractivity contribution in [3.63, 3.8) is 0 Å². The van der Waals surface area contributed by atoms with Gasteiger partial charge in [0.1, 0.15) is 5.75 Å². The average Bonchev–Trinajstić information content (AvgIpc) is 2.41. The van der Waals surface area contributed by atoms with E-state index in [1.165, 1.54) is 5.56 Å². The van der Waals surface area contributed by atoms with E-state index >= 15 is 0 Å². The van der Waals surface area contributed by atoms with Crippen LogP contribution in [0.25, 0.3) is 0 Å². The second-order valence-electron chi connectivity index (χ2n) is 5.14. The first-order valence-electron chi connectivity index (χ1n) is 6.82. The molecule has 1 atom stereocenters. The van der Waals surface area contributed by atoms with Crippen LogP contribution in [0, 0.1) is 0 Å². The lowest BCUT2D eigenvalue weighted by Gasteiger charge is -2.19. The topological polar surface area (TPSA) is 35.2 Å². The summed E-state index contributed by atoms with van der Waals surface area (Å²) in [7, 11) is 0. The minimum absolute atomic E-state index is 0.0638. The highest BCUT2D eigenvalue weighted by atomic mass is 79.9. The smallest absolute Gasteiger partial charge is 0.124 e. The molecule has 0 saturated heterocycles. The summed E-state index contributed by atoms with van der Waals surface area (Å²) in [5.41, 5.74) is 8.63. The van der Waals surface area contributed by atoms with Gasteiger partial charge in [-0.1, -0.05) is 46.3 Å². The molecule has 0 heterocycles. The summed E-state index contributed by atoms with van der Waals surface area (Å²) in [4.78, 5) is 0. The summed E-state index contributed by atoms with van der Waals surface area (Å²) in [6.07, 6.45) is 0.946. The third-order valence-corrected chi connectivity index (χ3v) is 3.58. The molecule has 2 aromatic carbocycles. The van der Waals surface area contributed by atoms with Crippen LogP contribution in [0.5, 0.6) is 5.75 Å². The molecule has 0 aliphatic rings. The van der Waals surface area contributed by atoms with E-state index in [1.54, 1.807) is 0 Å². The van der Waals surface area contributed by atoms with Gasteiger partial charge in [-0.25, -0.2) is 0 Å². The number of nitrogens with two attached hydrogens (primary N) is 1. The van der Waals surface area contributed by atoms with Crippen molar-refractivity contribution in [1.29, 1.82) is 0 Å². The van der Waals surface area contributed by atoms with E-state index in [0.717, 1.165) is 22.2 Å². The fourth-order valence-corrected chi connectivity index (χ4v) is 2.40. The van der Waals surface area contributed by atoms with Gasteiger partial charge in [0, 0.05) is 16.1 Å². The molecule has 0 bridgehead atoms. The molecule has 0 aliphatic carbocycles. The van der Waals surface area contributed by atoms with Crippen molar-refractivity contribution in [3.8, 4) is 5.75 Å². The first kappa shape index (κ1) is 15.1. The van der Waals surface area contributed by atoms with E-state index in [4.69, 9.17) is 10.5 Å². The van der Waals surface area contributed by atoms with Gasteiger partial charge < -0.3 is 10.5 Å². The monoisotopic (exact) mass is 333 g/mol. The van der Waals surface area contributed by atoms with Gasteiger partial charge in [0.15, 0.2) is 0 Å². The molecule has 0 fully saturated rings. The summed E-state index contributed by atoms with van der Waals surface area (Å²) in [6, 6.07) is 16.2. The van der Waals surface area contributed by atoms with E-state index in [-0.39, 0.29) is 12.1 Å². The highest BCUT2D eigenvalue weighted by Crippen LogP contribution is 2.27. The summed E-state index contributed by atoms with van der Waals surface area (Å²) in [6.45, 7) is 4.05. The van der Waals surface area contributed by atoms with Crippen LogP contribution in [0.15, 0.2) is 53.0 Å². The lowest BCUT2D eigenvalue weighted by atomic mass is 9.99. The molecule has 2 aromatic rings. The Morgan fingerprint density at radius 1 is 1.05 bits per heavy atom. The van der Waals surface area contributed by atoms with E-state index in [9.17, 15) is 0 Å². The van der Waals surface area contributed by atoms with Gasteiger partial charge in [0.25, 0.3) is 0 Å². The molecule has 2 rings (SSSR count). The van der Waals surface area contributed by atoms with E-state index in [1.807, 2.05) is 50.2 Å². The van der Waals surface area contributed by atoms with Crippen molar-refractivity contribution in [2.75, 3.05) is 0 Å². The Kier molecular flexibility index (Phi) is 5.21. The number of rotatable bonds is 5. The number of halogens is 1.